The van der Waals surface area contributed by atoms with Crippen LogP contribution in [0.3, 0.4) is 0 Å². The van der Waals surface area contributed by atoms with Crippen LogP contribution in [0, 0.1) is 10.1 Å². The summed E-state index contributed by atoms with van der Waals surface area (Å²) in [6, 6.07) is 4.38. The highest BCUT2D eigenvalue weighted by Gasteiger charge is 2.37. The molecule has 144 valence electrons. The fraction of sp³-hybridized carbons (Fsp3) is 0.529. The first-order chi connectivity index (χ1) is 11.8. The van der Waals surface area contributed by atoms with Gasteiger partial charge in [-0.05, 0) is 30.6 Å². The Morgan fingerprint density at radius 1 is 1.35 bits per heavy atom. The number of nitro benzene ring substituents is 1. The van der Waals surface area contributed by atoms with Gasteiger partial charge in [0.05, 0.1) is 4.92 Å². The van der Waals surface area contributed by atoms with Crippen LogP contribution in [0.2, 0.25) is 18.1 Å². The van der Waals surface area contributed by atoms with Crippen molar-refractivity contribution in [3.63, 3.8) is 0 Å². The Hall–Kier alpha value is -2.26. The second-order valence-electron chi connectivity index (χ2n) is 7.63. The Kier molecular flexibility index (Phi) is 7.05. The predicted molar refractivity (Wildman–Crippen MR) is 101 cm³/mol. The molecule has 0 heterocycles. The summed E-state index contributed by atoms with van der Waals surface area (Å²) in [5.74, 6) is -1.27. The molecule has 0 fully saturated rings. The zero-order valence-electron chi connectivity index (χ0n) is 15.9. The summed E-state index contributed by atoms with van der Waals surface area (Å²) in [5, 5.41) is 13.4. The molecule has 0 aromatic heterocycles. The number of hydrogen-bond donors (Lipinski definition) is 2. The lowest BCUT2D eigenvalue weighted by molar-refractivity contribution is -0.384. The maximum Gasteiger partial charge on any atom is 0.270 e. The first kappa shape index (κ1) is 21.8. The monoisotopic (exact) mass is 381 g/mol. The van der Waals surface area contributed by atoms with Crippen LogP contribution in [0.1, 0.15) is 37.6 Å². The highest BCUT2D eigenvalue weighted by molar-refractivity contribution is 6.74. The molecule has 1 aromatic carbocycles. The average molecular weight is 382 g/mol. The van der Waals surface area contributed by atoms with Gasteiger partial charge in [0.25, 0.3) is 11.6 Å². The average Bonchev–Trinajstić information content (AvgIpc) is 2.52. The summed E-state index contributed by atoms with van der Waals surface area (Å²) >= 11 is 0. The molecule has 0 spiro atoms. The third kappa shape index (κ3) is 5.92. The zero-order chi connectivity index (χ0) is 20.1. The van der Waals surface area contributed by atoms with E-state index in [2.05, 4.69) is 39.2 Å². The summed E-state index contributed by atoms with van der Waals surface area (Å²) < 4.78 is 6.00. The van der Waals surface area contributed by atoms with Gasteiger partial charge < -0.3 is 15.5 Å². The summed E-state index contributed by atoms with van der Waals surface area (Å²) in [6.45, 7) is 10.8. The predicted octanol–water partition coefficient (Wildman–Crippen LogP) is 2.59. The molecule has 0 saturated heterocycles. The first-order valence-electron chi connectivity index (χ1n) is 8.34. The van der Waals surface area contributed by atoms with Gasteiger partial charge in [-0.25, -0.2) is 0 Å². The van der Waals surface area contributed by atoms with Crippen LogP contribution in [0.25, 0.3) is 0 Å². The number of rotatable bonds is 8. The van der Waals surface area contributed by atoms with Crippen LogP contribution >= 0.6 is 0 Å². The van der Waals surface area contributed by atoms with Crippen molar-refractivity contribution in [1.82, 2.24) is 5.32 Å². The van der Waals surface area contributed by atoms with Gasteiger partial charge in [-0.3, -0.25) is 19.7 Å². The molecule has 0 unspecified atom stereocenters. The topological polar surface area (TPSA) is 125 Å². The largest absolute Gasteiger partial charge is 0.417 e. The van der Waals surface area contributed by atoms with Crippen LogP contribution < -0.4 is 11.1 Å². The number of primary amides is 1. The molecule has 0 aliphatic rings. The van der Waals surface area contributed by atoms with Crippen molar-refractivity contribution in [2.24, 2.45) is 5.73 Å². The molecule has 1 rings (SSSR count). The van der Waals surface area contributed by atoms with Crippen LogP contribution in [0.15, 0.2) is 24.3 Å². The first-order valence-corrected chi connectivity index (χ1v) is 11.2. The summed E-state index contributed by atoms with van der Waals surface area (Å²) in [4.78, 5) is 34.2. The molecule has 26 heavy (non-hydrogen) atoms. The second-order valence-corrected chi connectivity index (χ2v) is 12.4. The van der Waals surface area contributed by atoms with Crippen molar-refractivity contribution in [3.8, 4) is 0 Å². The van der Waals surface area contributed by atoms with E-state index in [-0.39, 0.29) is 22.7 Å². The summed E-state index contributed by atoms with van der Waals surface area (Å²) in [5.41, 5.74) is 5.26. The molecular weight excluding hydrogens is 354 g/mol. The number of non-ortho nitro benzene ring substituents is 1. The minimum Gasteiger partial charge on any atom is -0.417 e. The van der Waals surface area contributed by atoms with Crippen molar-refractivity contribution in [2.45, 2.75) is 51.4 Å². The van der Waals surface area contributed by atoms with Crippen molar-refractivity contribution in [1.29, 1.82) is 0 Å². The zero-order valence-corrected chi connectivity index (χ0v) is 16.9. The van der Waals surface area contributed by atoms with Gasteiger partial charge in [0.1, 0.15) is 6.04 Å². The van der Waals surface area contributed by atoms with Crippen molar-refractivity contribution >= 4 is 25.8 Å². The van der Waals surface area contributed by atoms with E-state index in [4.69, 9.17) is 10.2 Å². The van der Waals surface area contributed by atoms with E-state index in [1.165, 1.54) is 18.2 Å². The highest BCUT2D eigenvalue weighted by atomic mass is 28.4. The van der Waals surface area contributed by atoms with E-state index in [9.17, 15) is 19.7 Å². The number of nitrogens with one attached hydrogen (secondary N) is 1. The maximum absolute atomic E-state index is 12.3. The van der Waals surface area contributed by atoms with Crippen molar-refractivity contribution in [3.05, 3.63) is 39.9 Å². The Morgan fingerprint density at radius 2 is 1.96 bits per heavy atom. The van der Waals surface area contributed by atoms with Gasteiger partial charge in [-0.1, -0.05) is 26.8 Å². The lowest BCUT2D eigenvalue weighted by Gasteiger charge is -2.36. The lowest BCUT2D eigenvalue weighted by atomic mass is 10.1. The van der Waals surface area contributed by atoms with Crippen LogP contribution in [-0.2, 0) is 9.22 Å². The summed E-state index contributed by atoms with van der Waals surface area (Å²) in [7, 11) is -1.97. The van der Waals surface area contributed by atoms with Crippen LogP contribution in [0.5, 0.6) is 0 Å². The third-order valence-electron chi connectivity index (χ3n) is 4.64. The molecule has 2 amide bonds. The number of hydrogen-bond acceptors (Lipinski definition) is 5. The lowest BCUT2D eigenvalue weighted by Crippen LogP contribution is -2.47. The third-order valence-corrected chi connectivity index (χ3v) is 9.18. The standard InChI is InChI=1S/C17H27N3O5Si/c1-17(2,3)26(4,5)25-10-9-14(15(18)21)19-16(22)12-7-6-8-13(11-12)20(23)24/h6-8,11,14H,9-10H2,1-5H3,(H2,18,21)(H,19,22)/t14-/m1/s1. The van der Waals surface area contributed by atoms with Gasteiger partial charge in [-0.2, -0.15) is 0 Å². The molecule has 0 radical (unpaired) electrons. The Morgan fingerprint density at radius 3 is 2.46 bits per heavy atom. The molecule has 0 aliphatic heterocycles. The number of benzene rings is 1. The number of carbonyl (C=O) groups excluding carboxylic acids is 2. The van der Waals surface area contributed by atoms with Gasteiger partial charge in [0, 0.05) is 24.3 Å². The van der Waals surface area contributed by atoms with Crippen LogP contribution in [0.4, 0.5) is 5.69 Å². The summed E-state index contributed by atoms with van der Waals surface area (Å²) in [6.07, 6.45) is 0.239. The number of nitro groups is 1. The van der Waals surface area contributed by atoms with E-state index < -0.39 is 31.1 Å². The van der Waals surface area contributed by atoms with Gasteiger partial charge in [-0.15, -0.1) is 0 Å². The van der Waals surface area contributed by atoms with Gasteiger partial charge >= 0.3 is 0 Å². The molecule has 0 saturated carbocycles. The molecule has 0 bridgehead atoms. The van der Waals surface area contributed by atoms with Gasteiger partial charge in [0.15, 0.2) is 8.32 Å². The fourth-order valence-corrected chi connectivity index (χ4v) is 3.00. The quantitative estimate of drug-likeness (QED) is 0.407. The SMILES string of the molecule is CC(C)(C)[Si](C)(C)OCC[C@@H](NC(=O)c1cccc([N+](=O)[O-])c1)C(N)=O. The highest BCUT2D eigenvalue weighted by Crippen LogP contribution is 2.36. The minimum atomic E-state index is -1.97. The number of nitrogens with two attached hydrogens (primary N) is 1. The molecular formula is C17H27N3O5Si. The fourth-order valence-electron chi connectivity index (χ4n) is 1.94. The van der Waals surface area contributed by atoms with Crippen molar-refractivity contribution in [2.75, 3.05) is 6.61 Å². The normalized spacial score (nSPS) is 13.1. The van der Waals surface area contributed by atoms with E-state index in [1.54, 1.807) is 0 Å². The Balaban J connectivity index is 2.74. The van der Waals surface area contributed by atoms with Crippen molar-refractivity contribution < 1.29 is 18.9 Å². The molecule has 1 atom stereocenters. The molecule has 0 aliphatic carbocycles. The minimum absolute atomic E-state index is 0.0292. The molecule has 3 N–H and O–H groups in total. The molecule has 1 aromatic rings. The number of carbonyl (C=O) groups is 2. The Labute approximate surface area is 154 Å². The second kappa shape index (κ2) is 8.41. The molecule has 8 nitrogen and oxygen atoms in total. The van der Waals surface area contributed by atoms with E-state index >= 15 is 0 Å². The van der Waals surface area contributed by atoms with Crippen LogP contribution in [-0.4, -0.2) is 37.7 Å². The maximum atomic E-state index is 12.3. The Bertz CT molecular complexity index is 685. The number of nitrogens with zero attached hydrogens (tertiary/aromatic N) is 1. The van der Waals surface area contributed by atoms with E-state index in [0.717, 1.165) is 6.07 Å². The van der Waals surface area contributed by atoms with Gasteiger partial charge in [0.2, 0.25) is 5.91 Å². The smallest absolute Gasteiger partial charge is 0.270 e. The molecule has 9 heteroatoms. The number of amides is 2. The van der Waals surface area contributed by atoms with E-state index in [1.807, 2.05) is 0 Å². The van der Waals surface area contributed by atoms with E-state index in [0.29, 0.717) is 6.61 Å².